The number of aliphatic hydroxyl groups is 2. The van der Waals surface area contributed by atoms with Crippen molar-refractivity contribution >= 4 is 5.91 Å². The molecule has 0 aromatic carbocycles. The number of halogens is 1. The molecule has 6 heteroatoms. The van der Waals surface area contributed by atoms with Crippen molar-refractivity contribution in [2.45, 2.75) is 18.6 Å². The normalized spacial score (nSPS) is 14.6. The Hall–Kier alpha value is -1.53. The first-order valence-electron chi connectivity index (χ1n) is 4.26. The fraction of sp³-hybridized carbons (Fsp3) is 0.333. The predicted octanol–water partition coefficient (Wildman–Crippen LogP) is -0.510. The van der Waals surface area contributed by atoms with Crippen LogP contribution in [0.25, 0.3) is 0 Å². The molecule has 4 N–H and O–H groups in total. The summed E-state index contributed by atoms with van der Waals surface area (Å²) in [6.07, 6.45) is -1.92. The Morgan fingerprint density at radius 1 is 1.60 bits per heavy atom. The number of nitrogens with zero attached hydrogens (tertiary/aromatic N) is 1. The van der Waals surface area contributed by atoms with Crippen molar-refractivity contribution in [2.24, 2.45) is 5.73 Å². The number of rotatable bonds is 4. The van der Waals surface area contributed by atoms with Crippen molar-refractivity contribution in [2.75, 3.05) is 0 Å². The summed E-state index contributed by atoms with van der Waals surface area (Å²) in [6, 6.07) is 2.33. The average Bonchev–Trinajstić information content (AvgIpc) is 2.15. The molecule has 0 bridgehead atoms. The topological polar surface area (TPSA) is 96.4 Å². The van der Waals surface area contributed by atoms with Crippen LogP contribution in [0.4, 0.5) is 4.39 Å². The van der Waals surface area contributed by atoms with Crippen LogP contribution in [0.15, 0.2) is 18.3 Å². The van der Waals surface area contributed by atoms with Gasteiger partial charge in [-0.15, -0.1) is 0 Å². The molecule has 2 unspecified atom stereocenters. The SMILES string of the molecule is NC(=O)CC(O)C(O)c1ccnc(F)c1. The Morgan fingerprint density at radius 2 is 2.27 bits per heavy atom. The van der Waals surface area contributed by atoms with Crippen molar-refractivity contribution in [1.82, 2.24) is 4.98 Å². The van der Waals surface area contributed by atoms with Crippen LogP contribution in [0.3, 0.4) is 0 Å². The highest BCUT2D eigenvalue weighted by molar-refractivity contribution is 5.74. The fourth-order valence-corrected chi connectivity index (χ4v) is 1.14. The number of aliphatic hydroxyl groups excluding tert-OH is 2. The predicted molar refractivity (Wildman–Crippen MR) is 49.0 cm³/mol. The van der Waals surface area contributed by atoms with Gasteiger partial charge in [-0.25, -0.2) is 4.98 Å². The van der Waals surface area contributed by atoms with Gasteiger partial charge in [-0.2, -0.15) is 4.39 Å². The fourth-order valence-electron chi connectivity index (χ4n) is 1.14. The Bertz CT molecular complexity index is 359. The first-order chi connectivity index (χ1) is 7.00. The zero-order valence-electron chi connectivity index (χ0n) is 7.80. The Kier molecular flexibility index (Phi) is 3.70. The van der Waals surface area contributed by atoms with Gasteiger partial charge in [0.1, 0.15) is 6.10 Å². The van der Waals surface area contributed by atoms with E-state index in [0.717, 1.165) is 12.3 Å². The maximum Gasteiger partial charge on any atom is 0.220 e. The molecular weight excluding hydrogens is 203 g/mol. The van der Waals surface area contributed by atoms with Crippen LogP contribution in [0.2, 0.25) is 0 Å². The molecule has 0 radical (unpaired) electrons. The number of nitrogens with two attached hydrogens (primary N) is 1. The monoisotopic (exact) mass is 214 g/mol. The van der Waals surface area contributed by atoms with Gasteiger partial charge in [-0.05, 0) is 17.7 Å². The maximum atomic E-state index is 12.7. The molecule has 2 atom stereocenters. The number of amides is 1. The van der Waals surface area contributed by atoms with E-state index < -0.39 is 24.1 Å². The van der Waals surface area contributed by atoms with Gasteiger partial charge in [0.15, 0.2) is 0 Å². The summed E-state index contributed by atoms with van der Waals surface area (Å²) in [5, 5.41) is 18.8. The molecule has 15 heavy (non-hydrogen) atoms. The van der Waals surface area contributed by atoms with Crippen LogP contribution >= 0.6 is 0 Å². The van der Waals surface area contributed by atoms with Crippen LogP contribution in [-0.4, -0.2) is 27.2 Å². The van der Waals surface area contributed by atoms with Gasteiger partial charge in [-0.1, -0.05) is 0 Å². The highest BCUT2D eigenvalue weighted by Crippen LogP contribution is 2.18. The third-order valence-electron chi connectivity index (χ3n) is 1.87. The third kappa shape index (κ3) is 3.26. The van der Waals surface area contributed by atoms with E-state index in [-0.39, 0.29) is 12.0 Å². The first-order valence-corrected chi connectivity index (χ1v) is 4.26. The lowest BCUT2D eigenvalue weighted by Crippen LogP contribution is -2.25. The van der Waals surface area contributed by atoms with Gasteiger partial charge in [-0.3, -0.25) is 4.79 Å². The van der Waals surface area contributed by atoms with Crippen molar-refractivity contribution in [3.8, 4) is 0 Å². The second-order valence-electron chi connectivity index (χ2n) is 3.09. The Morgan fingerprint density at radius 3 is 2.80 bits per heavy atom. The van der Waals surface area contributed by atoms with Gasteiger partial charge in [0.05, 0.1) is 12.5 Å². The van der Waals surface area contributed by atoms with E-state index in [4.69, 9.17) is 5.73 Å². The molecule has 0 saturated carbocycles. The zero-order chi connectivity index (χ0) is 11.4. The third-order valence-corrected chi connectivity index (χ3v) is 1.87. The molecular formula is C9H11FN2O3. The molecule has 1 aromatic heterocycles. The summed E-state index contributed by atoms with van der Waals surface area (Å²) in [5.41, 5.74) is 4.99. The van der Waals surface area contributed by atoms with Crippen LogP contribution in [0, 0.1) is 5.95 Å². The van der Waals surface area contributed by atoms with E-state index in [9.17, 15) is 19.4 Å². The van der Waals surface area contributed by atoms with Crippen molar-refractivity contribution < 1.29 is 19.4 Å². The largest absolute Gasteiger partial charge is 0.390 e. The average molecular weight is 214 g/mol. The zero-order valence-corrected chi connectivity index (χ0v) is 7.80. The number of primary amides is 1. The molecule has 5 nitrogen and oxygen atoms in total. The molecule has 0 aliphatic heterocycles. The van der Waals surface area contributed by atoms with E-state index in [1.165, 1.54) is 6.07 Å². The smallest absolute Gasteiger partial charge is 0.220 e. The van der Waals surface area contributed by atoms with E-state index >= 15 is 0 Å². The Labute approximate surface area is 85.4 Å². The second kappa shape index (κ2) is 4.81. The van der Waals surface area contributed by atoms with E-state index in [0.29, 0.717) is 0 Å². The van der Waals surface area contributed by atoms with Gasteiger partial charge < -0.3 is 15.9 Å². The molecule has 1 aromatic rings. The first kappa shape index (κ1) is 11.5. The number of pyridine rings is 1. The van der Waals surface area contributed by atoms with Crippen molar-refractivity contribution in [3.05, 3.63) is 29.8 Å². The van der Waals surface area contributed by atoms with E-state index in [1.54, 1.807) is 0 Å². The minimum Gasteiger partial charge on any atom is -0.390 e. The maximum absolute atomic E-state index is 12.7. The van der Waals surface area contributed by atoms with E-state index in [2.05, 4.69) is 4.98 Å². The Balaban J connectivity index is 2.75. The lowest BCUT2D eigenvalue weighted by Gasteiger charge is -2.16. The molecule has 82 valence electrons. The van der Waals surface area contributed by atoms with Crippen molar-refractivity contribution in [1.29, 1.82) is 0 Å². The highest BCUT2D eigenvalue weighted by atomic mass is 19.1. The van der Waals surface area contributed by atoms with Gasteiger partial charge in [0.25, 0.3) is 0 Å². The van der Waals surface area contributed by atoms with Gasteiger partial charge in [0, 0.05) is 6.20 Å². The minimum absolute atomic E-state index is 0.149. The standard InChI is InChI=1S/C9H11FN2O3/c10-7-3-5(1-2-12-7)9(15)6(13)4-8(11)14/h1-3,6,9,13,15H,4H2,(H2,11,14). The molecule has 0 spiro atoms. The molecule has 1 rings (SSSR count). The van der Waals surface area contributed by atoms with Crippen LogP contribution in [0.1, 0.15) is 18.1 Å². The lowest BCUT2D eigenvalue weighted by atomic mass is 10.0. The number of aromatic nitrogens is 1. The second-order valence-corrected chi connectivity index (χ2v) is 3.09. The van der Waals surface area contributed by atoms with Gasteiger partial charge in [0.2, 0.25) is 11.9 Å². The van der Waals surface area contributed by atoms with Gasteiger partial charge >= 0.3 is 0 Å². The number of carbonyl (C=O) groups excluding carboxylic acids is 1. The van der Waals surface area contributed by atoms with Crippen molar-refractivity contribution in [3.63, 3.8) is 0 Å². The minimum atomic E-state index is -1.35. The molecule has 0 aliphatic carbocycles. The highest BCUT2D eigenvalue weighted by Gasteiger charge is 2.20. The summed E-state index contributed by atoms with van der Waals surface area (Å²) in [6.45, 7) is 0. The number of hydrogen-bond acceptors (Lipinski definition) is 4. The lowest BCUT2D eigenvalue weighted by molar-refractivity contribution is -0.121. The van der Waals surface area contributed by atoms with E-state index in [1.807, 2.05) is 0 Å². The number of hydrogen-bond donors (Lipinski definition) is 3. The summed E-state index contributed by atoms with van der Waals surface area (Å²) >= 11 is 0. The molecule has 0 aliphatic rings. The quantitative estimate of drug-likeness (QED) is 0.588. The molecule has 0 fully saturated rings. The van der Waals surface area contributed by atoms with Crippen LogP contribution in [-0.2, 0) is 4.79 Å². The summed E-state index contributed by atoms with van der Waals surface area (Å²) < 4.78 is 12.7. The molecule has 1 heterocycles. The summed E-state index contributed by atoms with van der Waals surface area (Å²) in [7, 11) is 0. The molecule has 0 saturated heterocycles. The number of carbonyl (C=O) groups is 1. The molecule has 1 amide bonds. The van der Waals surface area contributed by atoms with Crippen LogP contribution in [0.5, 0.6) is 0 Å². The van der Waals surface area contributed by atoms with Crippen LogP contribution < -0.4 is 5.73 Å². The summed E-state index contributed by atoms with van der Waals surface area (Å²) in [4.78, 5) is 13.8. The summed E-state index contributed by atoms with van der Waals surface area (Å²) in [5.74, 6) is -1.51.